The lowest BCUT2D eigenvalue weighted by atomic mass is 9.88. The predicted octanol–water partition coefficient (Wildman–Crippen LogP) is -0.423. The number of nitrogens with one attached hydrogen (secondary N) is 1. The topological polar surface area (TPSA) is 49.4 Å². The molecule has 4 nitrogen and oxygen atoms in total. The zero-order valence-electron chi connectivity index (χ0n) is 9.12. The second-order valence-corrected chi connectivity index (χ2v) is 6.32. The lowest BCUT2D eigenvalue weighted by Crippen LogP contribution is -2.49. The zero-order chi connectivity index (χ0) is 10.9. The fraction of sp³-hybridized carbons (Fsp3) is 0.900. The smallest absolute Gasteiger partial charge is 0.229 e. The summed E-state index contributed by atoms with van der Waals surface area (Å²) in [7, 11) is -0.702. The van der Waals surface area contributed by atoms with Gasteiger partial charge in [-0.25, -0.2) is 0 Å². The van der Waals surface area contributed by atoms with Gasteiger partial charge in [0.1, 0.15) is 0 Å². The average Bonchev–Trinajstić information content (AvgIpc) is 2.67. The lowest BCUT2D eigenvalue weighted by Gasteiger charge is -2.33. The average molecular weight is 230 g/mol. The monoisotopic (exact) mass is 230 g/mol. The summed E-state index contributed by atoms with van der Waals surface area (Å²) in [5.41, 5.74) is -0.223. The maximum Gasteiger partial charge on any atom is 0.229 e. The van der Waals surface area contributed by atoms with Crippen LogP contribution in [0, 0.1) is 5.41 Å². The minimum Gasteiger partial charge on any atom is -0.340 e. The van der Waals surface area contributed by atoms with E-state index >= 15 is 0 Å². The molecule has 2 aliphatic rings. The Hall–Kier alpha value is -0.420. The van der Waals surface area contributed by atoms with Crippen molar-refractivity contribution < 1.29 is 9.00 Å². The first-order valence-corrected chi connectivity index (χ1v) is 6.96. The van der Waals surface area contributed by atoms with Crippen molar-refractivity contribution in [3.8, 4) is 0 Å². The van der Waals surface area contributed by atoms with E-state index in [1.54, 1.807) is 0 Å². The highest BCUT2D eigenvalue weighted by Crippen LogP contribution is 2.27. The van der Waals surface area contributed by atoms with E-state index in [2.05, 4.69) is 5.32 Å². The van der Waals surface area contributed by atoms with Gasteiger partial charge in [-0.1, -0.05) is 0 Å². The Morgan fingerprint density at radius 2 is 2.07 bits per heavy atom. The minimum absolute atomic E-state index is 0.223. The summed E-state index contributed by atoms with van der Waals surface area (Å²) in [6, 6.07) is 0. The maximum atomic E-state index is 12.2. The Bertz CT molecular complexity index is 277. The van der Waals surface area contributed by atoms with Gasteiger partial charge in [0.15, 0.2) is 0 Å². The Balaban J connectivity index is 1.98. The van der Waals surface area contributed by atoms with Crippen LogP contribution in [0.3, 0.4) is 0 Å². The first-order valence-electron chi connectivity index (χ1n) is 5.47. The lowest BCUT2D eigenvalue weighted by molar-refractivity contribution is -0.139. The van der Waals surface area contributed by atoms with Crippen molar-refractivity contribution in [1.82, 2.24) is 10.2 Å². The number of rotatable bonds is 1. The van der Waals surface area contributed by atoms with Crippen molar-refractivity contribution in [2.45, 2.75) is 13.3 Å². The molecule has 1 N–H and O–H groups in total. The van der Waals surface area contributed by atoms with E-state index in [1.807, 2.05) is 11.8 Å². The van der Waals surface area contributed by atoms with Crippen molar-refractivity contribution in [1.29, 1.82) is 0 Å². The van der Waals surface area contributed by atoms with Gasteiger partial charge in [-0.2, -0.15) is 0 Å². The number of hydrogen-bond acceptors (Lipinski definition) is 3. The van der Waals surface area contributed by atoms with Crippen LogP contribution in [0.2, 0.25) is 0 Å². The molecule has 2 saturated heterocycles. The third-order valence-electron chi connectivity index (χ3n) is 3.35. The highest BCUT2D eigenvalue weighted by atomic mass is 32.2. The Morgan fingerprint density at radius 1 is 1.40 bits per heavy atom. The second kappa shape index (κ2) is 4.22. The van der Waals surface area contributed by atoms with Gasteiger partial charge in [-0.15, -0.1) is 0 Å². The summed E-state index contributed by atoms with van der Waals surface area (Å²) >= 11 is 0. The molecular formula is C10H18N2O2S. The standard InChI is InChI=1S/C10H18N2O2S/c1-10(2-3-11-8-10)9(13)12-4-6-15(14)7-5-12/h11H,2-8H2,1H3. The Labute approximate surface area is 92.9 Å². The molecule has 1 unspecified atom stereocenters. The molecule has 0 aromatic carbocycles. The van der Waals surface area contributed by atoms with Crippen molar-refractivity contribution in [3.05, 3.63) is 0 Å². The molecule has 0 bridgehead atoms. The molecule has 2 rings (SSSR count). The Kier molecular flexibility index (Phi) is 3.11. The summed E-state index contributed by atoms with van der Waals surface area (Å²) in [6.45, 7) is 5.08. The van der Waals surface area contributed by atoms with Crippen LogP contribution < -0.4 is 5.32 Å². The van der Waals surface area contributed by atoms with Gasteiger partial charge in [0.25, 0.3) is 0 Å². The molecule has 5 heteroatoms. The van der Waals surface area contributed by atoms with E-state index in [1.165, 1.54) is 0 Å². The van der Waals surface area contributed by atoms with E-state index in [-0.39, 0.29) is 11.3 Å². The number of nitrogens with zero attached hydrogens (tertiary/aromatic N) is 1. The van der Waals surface area contributed by atoms with Crippen LogP contribution in [0.4, 0.5) is 0 Å². The number of hydrogen-bond donors (Lipinski definition) is 1. The quantitative estimate of drug-likeness (QED) is 0.665. The zero-order valence-corrected chi connectivity index (χ0v) is 9.94. The van der Waals surface area contributed by atoms with Gasteiger partial charge in [-0.05, 0) is 19.9 Å². The largest absolute Gasteiger partial charge is 0.340 e. The summed E-state index contributed by atoms with van der Waals surface area (Å²) in [6.07, 6.45) is 0.922. The molecule has 0 aromatic rings. The number of carbonyl (C=O) groups excluding carboxylic acids is 1. The molecule has 2 aliphatic heterocycles. The molecule has 0 aromatic heterocycles. The van der Waals surface area contributed by atoms with Crippen molar-refractivity contribution in [3.63, 3.8) is 0 Å². The van der Waals surface area contributed by atoms with Crippen LogP contribution >= 0.6 is 0 Å². The van der Waals surface area contributed by atoms with Gasteiger partial charge in [0.05, 0.1) is 5.41 Å². The predicted molar refractivity (Wildman–Crippen MR) is 60.1 cm³/mol. The van der Waals surface area contributed by atoms with Crippen LogP contribution in [-0.2, 0) is 15.6 Å². The fourth-order valence-corrected chi connectivity index (χ4v) is 3.27. The molecule has 15 heavy (non-hydrogen) atoms. The van der Waals surface area contributed by atoms with Gasteiger partial charge in [-0.3, -0.25) is 9.00 Å². The fourth-order valence-electron chi connectivity index (χ4n) is 2.22. The van der Waals surface area contributed by atoms with E-state index in [0.29, 0.717) is 24.6 Å². The van der Waals surface area contributed by atoms with E-state index in [0.717, 1.165) is 19.5 Å². The summed E-state index contributed by atoms with van der Waals surface area (Å²) in [4.78, 5) is 14.1. The minimum atomic E-state index is -0.702. The van der Waals surface area contributed by atoms with Crippen molar-refractivity contribution in [2.24, 2.45) is 5.41 Å². The highest BCUT2D eigenvalue weighted by Gasteiger charge is 2.39. The second-order valence-electron chi connectivity index (χ2n) is 4.63. The summed E-state index contributed by atoms with van der Waals surface area (Å²) in [5, 5.41) is 3.23. The highest BCUT2D eigenvalue weighted by molar-refractivity contribution is 7.85. The molecule has 1 amide bonds. The summed E-state index contributed by atoms with van der Waals surface area (Å²) in [5.74, 6) is 1.54. The first kappa shape index (κ1) is 11.1. The molecule has 0 radical (unpaired) electrons. The van der Waals surface area contributed by atoms with Gasteiger partial charge in [0, 0.05) is 41.9 Å². The van der Waals surface area contributed by atoms with Crippen LogP contribution in [-0.4, -0.2) is 52.7 Å². The normalized spacial score (nSPS) is 33.3. The Morgan fingerprint density at radius 3 is 2.60 bits per heavy atom. The van der Waals surface area contributed by atoms with Crippen LogP contribution in [0.15, 0.2) is 0 Å². The van der Waals surface area contributed by atoms with Crippen molar-refractivity contribution >= 4 is 16.7 Å². The molecule has 2 fully saturated rings. The van der Waals surface area contributed by atoms with Crippen LogP contribution in [0.1, 0.15) is 13.3 Å². The molecule has 0 saturated carbocycles. The van der Waals surface area contributed by atoms with Gasteiger partial charge >= 0.3 is 0 Å². The third-order valence-corrected chi connectivity index (χ3v) is 4.63. The third kappa shape index (κ3) is 2.23. The van der Waals surface area contributed by atoms with Gasteiger partial charge < -0.3 is 10.2 Å². The molecular weight excluding hydrogens is 212 g/mol. The van der Waals surface area contributed by atoms with Crippen LogP contribution in [0.25, 0.3) is 0 Å². The van der Waals surface area contributed by atoms with E-state index in [4.69, 9.17) is 0 Å². The summed E-state index contributed by atoms with van der Waals surface area (Å²) < 4.78 is 11.2. The van der Waals surface area contributed by atoms with Crippen molar-refractivity contribution in [2.75, 3.05) is 37.7 Å². The number of carbonyl (C=O) groups is 1. The molecule has 2 heterocycles. The molecule has 0 spiro atoms. The van der Waals surface area contributed by atoms with E-state index in [9.17, 15) is 9.00 Å². The van der Waals surface area contributed by atoms with Crippen LogP contribution in [0.5, 0.6) is 0 Å². The molecule has 1 atom stereocenters. The number of amides is 1. The molecule has 86 valence electrons. The van der Waals surface area contributed by atoms with E-state index < -0.39 is 10.8 Å². The van der Waals surface area contributed by atoms with Gasteiger partial charge in [0.2, 0.25) is 5.91 Å². The SMILES string of the molecule is CC1(C(=O)N2CCS(=O)CC2)CCNC1. The molecule has 0 aliphatic carbocycles. The first-order chi connectivity index (χ1) is 7.12. The maximum absolute atomic E-state index is 12.2.